The highest BCUT2D eigenvalue weighted by Gasteiger charge is 2.27. The van der Waals surface area contributed by atoms with Crippen molar-refractivity contribution < 1.29 is 14.0 Å². The third kappa shape index (κ3) is 4.56. The Morgan fingerprint density at radius 2 is 1.84 bits per heavy atom. The van der Waals surface area contributed by atoms with Crippen molar-refractivity contribution >= 4 is 11.8 Å². The number of piperidine rings is 1. The van der Waals surface area contributed by atoms with E-state index in [9.17, 15) is 9.59 Å². The number of aryl methyl sites for hydroxylation is 1. The lowest BCUT2D eigenvalue weighted by molar-refractivity contribution is -0.137. The van der Waals surface area contributed by atoms with Crippen molar-refractivity contribution in [3.63, 3.8) is 0 Å². The average molecular weight is 349 g/mol. The lowest BCUT2D eigenvalue weighted by Crippen LogP contribution is -2.53. The van der Waals surface area contributed by atoms with Gasteiger partial charge in [-0.2, -0.15) is 0 Å². The summed E-state index contributed by atoms with van der Waals surface area (Å²) in [5.41, 5.74) is 0. The molecule has 0 unspecified atom stereocenters. The molecule has 8 nitrogen and oxygen atoms in total. The molecular weight excluding hydrogens is 322 g/mol. The summed E-state index contributed by atoms with van der Waals surface area (Å²) >= 11 is 0. The fourth-order valence-electron chi connectivity index (χ4n) is 3.56. The van der Waals surface area contributed by atoms with Crippen molar-refractivity contribution in [3.8, 4) is 0 Å². The minimum atomic E-state index is -0.000667. The van der Waals surface area contributed by atoms with Gasteiger partial charge in [0.2, 0.25) is 23.6 Å². The highest BCUT2D eigenvalue weighted by atomic mass is 16.4. The van der Waals surface area contributed by atoms with Gasteiger partial charge in [-0.15, -0.1) is 10.2 Å². The molecule has 0 aromatic carbocycles. The summed E-state index contributed by atoms with van der Waals surface area (Å²) in [6, 6.07) is 0.349. The number of likely N-dealkylation sites (tertiary alicyclic amines) is 1. The van der Waals surface area contributed by atoms with Gasteiger partial charge in [-0.1, -0.05) is 0 Å². The monoisotopic (exact) mass is 349 g/mol. The van der Waals surface area contributed by atoms with Crippen molar-refractivity contribution in [1.29, 1.82) is 0 Å². The zero-order valence-corrected chi connectivity index (χ0v) is 15.1. The maximum Gasteiger partial charge on any atom is 0.236 e. The molecule has 0 radical (unpaired) electrons. The molecule has 3 heterocycles. The van der Waals surface area contributed by atoms with Gasteiger partial charge in [0, 0.05) is 45.7 Å². The van der Waals surface area contributed by atoms with E-state index < -0.39 is 0 Å². The van der Waals surface area contributed by atoms with Crippen LogP contribution in [0.25, 0.3) is 0 Å². The topological polar surface area (TPSA) is 82.8 Å². The van der Waals surface area contributed by atoms with Crippen LogP contribution in [0.4, 0.5) is 0 Å². The molecule has 1 aromatic heterocycles. The fraction of sp³-hybridized carbons (Fsp3) is 0.765. The van der Waals surface area contributed by atoms with Crippen LogP contribution in [0.1, 0.15) is 38.0 Å². The van der Waals surface area contributed by atoms with E-state index in [0.29, 0.717) is 37.5 Å². The Morgan fingerprint density at radius 3 is 2.48 bits per heavy atom. The normalized spacial score (nSPS) is 22.2. The molecular formula is C17H27N5O3. The number of rotatable bonds is 4. The molecule has 3 rings (SSSR count). The van der Waals surface area contributed by atoms with Crippen LogP contribution in [0, 0.1) is 6.92 Å². The maximum atomic E-state index is 12.5. The van der Waals surface area contributed by atoms with Crippen molar-refractivity contribution in [2.45, 2.75) is 45.6 Å². The van der Waals surface area contributed by atoms with E-state index in [0.717, 1.165) is 32.5 Å². The van der Waals surface area contributed by atoms with Crippen molar-refractivity contribution in [1.82, 2.24) is 24.9 Å². The number of amides is 2. The molecule has 138 valence electrons. The second kappa shape index (κ2) is 7.95. The first-order valence-electron chi connectivity index (χ1n) is 9.11. The predicted octanol–water partition coefficient (Wildman–Crippen LogP) is 0.466. The highest BCUT2D eigenvalue weighted by Crippen LogP contribution is 2.17. The SMILES string of the molecule is Cc1nnc(CC(=O)N2CCN(CC(=O)N3CCCC[C@H]3C)CC2)o1. The van der Waals surface area contributed by atoms with Crippen LogP contribution in [0.15, 0.2) is 4.42 Å². The number of hydrogen-bond donors (Lipinski definition) is 0. The predicted molar refractivity (Wildman–Crippen MR) is 90.8 cm³/mol. The molecule has 0 N–H and O–H groups in total. The van der Waals surface area contributed by atoms with Gasteiger partial charge in [0.1, 0.15) is 6.42 Å². The Balaban J connectivity index is 1.43. The molecule has 2 aliphatic rings. The molecule has 2 aliphatic heterocycles. The smallest absolute Gasteiger partial charge is 0.236 e. The first-order valence-corrected chi connectivity index (χ1v) is 9.11. The molecule has 2 saturated heterocycles. The number of hydrogen-bond acceptors (Lipinski definition) is 6. The summed E-state index contributed by atoms with van der Waals surface area (Å²) in [5.74, 6) is 1.05. The first kappa shape index (κ1) is 17.8. The van der Waals surface area contributed by atoms with E-state index in [-0.39, 0.29) is 18.2 Å². The second-order valence-electron chi connectivity index (χ2n) is 6.98. The van der Waals surface area contributed by atoms with E-state index in [2.05, 4.69) is 22.0 Å². The Bertz CT molecular complexity index is 609. The summed E-state index contributed by atoms with van der Waals surface area (Å²) in [7, 11) is 0. The van der Waals surface area contributed by atoms with E-state index in [1.54, 1.807) is 6.92 Å². The van der Waals surface area contributed by atoms with Crippen LogP contribution in [0.2, 0.25) is 0 Å². The Hall–Kier alpha value is -1.96. The Kier molecular flexibility index (Phi) is 5.67. The molecule has 0 saturated carbocycles. The average Bonchev–Trinajstić information content (AvgIpc) is 3.00. The third-order valence-electron chi connectivity index (χ3n) is 5.08. The van der Waals surface area contributed by atoms with E-state index in [4.69, 9.17) is 4.42 Å². The molecule has 0 aliphatic carbocycles. The van der Waals surface area contributed by atoms with Crippen molar-refractivity contribution in [2.75, 3.05) is 39.3 Å². The first-order chi connectivity index (χ1) is 12.0. The van der Waals surface area contributed by atoms with Crippen LogP contribution in [-0.4, -0.2) is 82.0 Å². The Labute approximate surface area is 148 Å². The molecule has 0 spiro atoms. The van der Waals surface area contributed by atoms with Crippen molar-refractivity contribution in [2.24, 2.45) is 0 Å². The number of nitrogens with zero attached hydrogens (tertiary/aromatic N) is 5. The van der Waals surface area contributed by atoms with Crippen LogP contribution >= 0.6 is 0 Å². The number of carbonyl (C=O) groups is 2. The largest absolute Gasteiger partial charge is 0.425 e. The van der Waals surface area contributed by atoms with Crippen molar-refractivity contribution in [3.05, 3.63) is 11.8 Å². The summed E-state index contributed by atoms with van der Waals surface area (Å²) in [6.45, 7) is 7.89. The van der Waals surface area contributed by atoms with Gasteiger partial charge >= 0.3 is 0 Å². The van der Waals surface area contributed by atoms with Gasteiger partial charge in [-0.05, 0) is 26.2 Å². The summed E-state index contributed by atoms with van der Waals surface area (Å²) < 4.78 is 5.27. The zero-order valence-electron chi connectivity index (χ0n) is 15.1. The molecule has 0 bridgehead atoms. The third-order valence-corrected chi connectivity index (χ3v) is 5.08. The van der Waals surface area contributed by atoms with Gasteiger partial charge in [0.15, 0.2) is 0 Å². The standard InChI is InChI=1S/C17H27N5O3/c1-13-5-3-4-6-22(13)17(24)12-20-7-9-21(10-8-20)16(23)11-15-19-18-14(2)25-15/h13H,3-12H2,1-2H3/t13-/m1/s1. The minimum Gasteiger partial charge on any atom is -0.425 e. The number of aromatic nitrogens is 2. The second-order valence-corrected chi connectivity index (χ2v) is 6.98. The van der Waals surface area contributed by atoms with Crippen LogP contribution in [0.5, 0.6) is 0 Å². The molecule has 25 heavy (non-hydrogen) atoms. The number of piperazine rings is 1. The lowest BCUT2D eigenvalue weighted by Gasteiger charge is -2.38. The van der Waals surface area contributed by atoms with Crippen LogP contribution in [-0.2, 0) is 16.0 Å². The van der Waals surface area contributed by atoms with Gasteiger partial charge in [0.25, 0.3) is 0 Å². The maximum absolute atomic E-state index is 12.5. The quantitative estimate of drug-likeness (QED) is 0.786. The molecule has 2 fully saturated rings. The summed E-state index contributed by atoms with van der Waals surface area (Å²) in [4.78, 5) is 30.8. The fourth-order valence-corrected chi connectivity index (χ4v) is 3.56. The zero-order chi connectivity index (χ0) is 17.8. The number of carbonyl (C=O) groups excluding carboxylic acids is 2. The van der Waals surface area contributed by atoms with Crippen LogP contribution < -0.4 is 0 Å². The summed E-state index contributed by atoms with van der Waals surface area (Å²) in [6.07, 6.45) is 3.56. The van der Waals surface area contributed by atoms with Gasteiger partial charge in [0.05, 0.1) is 6.54 Å². The lowest BCUT2D eigenvalue weighted by atomic mass is 10.0. The molecule has 8 heteroatoms. The Morgan fingerprint density at radius 1 is 1.08 bits per heavy atom. The van der Waals surface area contributed by atoms with Crippen LogP contribution in [0.3, 0.4) is 0 Å². The molecule has 1 atom stereocenters. The van der Waals surface area contributed by atoms with Gasteiger partial charge < -0.3 is 14.2 Å². The van der Waals surface area contributed by atoms with Gasteiger partial charge in [-0.25, -0.2) is 0 Å². The van der Waals surface area contributed by atoms with E-state index in [1.807, 2.05) is 9.80 Å². The molecule has 2 amide bonds. The van der Waals surface area contributed by atoms with Gasteiger partial charge in [-0.3, -0.25) is 14.5 Å². The van der Waals surface area contributed by atoms with E-state index in [1.165, 1.54) is 6.42 Å². The minimum absolute atomic E-state index is 0.000667. The molecule has 1 aromatic rings. The summed E-state index contributed by atoms with van der Waals surface area (Å²) in [5, 5.41) is 7.61. The highest BCUT2D eigenvalue weighted by molar-refractivity contribution is 5.79. The van der Waals surface area contributed by atoms with E-state index >= 15 is 0 Å².